The van der Waals surface area contributed by atoms with Gasteiger partial charge in [0.15, 0.2) is 0 Å². The van der Waals surface area contributed by atoms with Crippen molar-refractivity contribution >= 4 is 83.5 Å². The van der Waals surface area contributed by atoms with E-state index in [1.807, 2.05) is 11.3 Å². The fraction of sp³-hybridized carbons (Fsp3) is 0.368. The number of benzene rings is 5. The molecule has 0 spiro atoms. The van der Waals surface area contributed by atoms with E-state index in [1.165, 1.54) is 123 Å². The molecule has 4 heteroatoms. The highest BCUT2D eigenvalue weighted by atomic mass is 32.1. The Morgan fingerprint density at radius 1 is 0.623 bits per heavy atom. The molecular formula is C57H63BN2S. The van der Waals surface area contributed by atoms with Gasteiger partial charge in [-0.2, -0.15) is 0 Å². The molecule has 0 amide bonds. The van der Waals surface area contributed by atoms with Crippen molar-refractivity contribution in [1.82, 2.24) is 0 Å². The van der Waals surface area contributed by atoms with Gasteiger partial charge in [0.05, 0.1) is 11.4 Å². The van der Waals surface area contributed by atoms with Gasteiger partial charge >= 0.3 is 0 Å². The van der Waals surface area contributed by atoms with Gasteiger partial charge in [0.2, 0.25) is 0 Å². The Balaban J connectivity index is 1.32. The van der Waals surface area contributed by atoms with Crippen LogP contribution in [0.4, 0.5) is 34.1 Å². The lowest BCUT2D eigenvalue weighted by Gasteiger charge is -2.47. The van der Waals surface area contributed by atoms with Crippen LogP contribution in [0.2, 0.25) is 0 Å². The summed E-state index contributed by atoms with van der Waals surface area (Å²) in [5.41, 5.74) is 23.3. The quantitative estimate of drug-likeness (QED) is 0.164. The molecule has 61 heavy (non-hydrogen) atoms. The third-order valence-corrected chi connectivity index (χ3v) is 15.9. The van der Waals surface area contributed by atoms with Crippen LogP contribution in [-0.4, -0.2) is 6.71 Å². The van der Waals surface area contributed by atoms with Gasteiger partial charge in [-0.15, -0.1) is 11.3 Å². The zero-order chi connectivity index (χ0) is 43.1. The van der Waals surface area contributed by atoms with Gasteiger partial charge in [-0.1, -0.05) is 112 Å². The number of nitrogens with zero attached hydrogens (tertiary/aromatic N) is 2. The van der Waals surface area contributed by atoms with Crippen molar-refractivity contribution in [2.75, 3.05) is 9.80 Å². The van der Waals surface area contributed by atoms with Gasteiger partial charge in [0.25, 0.3) is 6.71 Å². The molecule has 0 fully saturated rings. The molecule has 4 aliphatic rings. The Labute approximate surface area is 370 Å². The minimum atomic E-state index is 0.0308. The molecule has 1 aromatic heterocycles. The maximum atomic E-state index is 2.70. The second kappa shape index (κ2) is 13.6. The summed E-state index contributed by atoms with van der Waals surface area (Å²) < 4.78 is 2.81. The number of anilines is 6. The Morgan fingerprint density at radius 3 is 1.84 bits per heavy atom. The van der Waals surface area contributed by atoms with E-state index < -0.39 is 0 Å². The molecule has 5 aromatic carbocycles. The minimum Gasteiger partial charge on any atom is -0.311 e. The highest BCUT2D eigenvalue weighted by molar-refractivity contribution is 7.33. The number of hydrogen-bond acceptors (Lipinski definition) is 3. The third kappa shape index (κ3) is 6.32. The predicted octanol–water partition coefficient (Wildman–Crippen LogP) is 14.6. The summed E-state index contributed by atoms with van der Waals surface area (Å²) in [5, 5.41) is 1.36. The van der Waals surface area contributed by atoms with Crippen LogP contribution >= 0.6 is 11.3 Å². The van der Waals surface area contributed by atoms with E-state index in [-0.39, 0.29) is 28.4 Å². The topological polar surface area (TPSA) is 6.48 Å². The fourth-order valence-corrected chi connectivity index (χ4v) is 12.4. The molecule has 0 saturated carbocycles. The standard InChI is InChI=1S/C57H63BN2S/c1-34-27-47-50-48(28-34)60(51-35(2)29-38(30-36(51)3)37-17-15-14-16-18-37)46-33-44-43(56(10,11)25-26-57(44,12)13)32-45(46)58(50)53-52(42-31-40(55(7,8)9)21-24-49(42)61-53)59(47)41-22-19-39(20-23-41)54(4,5)6/h15,17-24,27-33H,14,16,25-26H2,1-13H3. The van der Waals surface area contributed by atoms with Crippen molar-refractivity contribution in [3.8, 4) is 0 Å². The minimum absolute atomic E-state index is 0.0308. The van der Waals surface area contributed by atoms with Crippen LogP contribution in [0.1, 0.15) is 139 Å². The van der Waals surface area contributed by atoms with Crippen molar-refractivity contribution in [2.24, 2.45) is 0 Å². The molecule has 0 bridgehead atoms. The average Bonchev–Trinajstić information content (AvgIpc) is 3.58. The number of rotatable bonds is 3. The number of hydrogen-bond donors (Lipinski definition) is 0. The average molecular weight is 819 g/mol. The van der Waals surface area contributed by atoms with E-state index in [1.54, 1.807) is 0 Å². The third-order valence-electron chi connectivity index (χ3n) is 14.7. The van der Waals surface area contributed by atoms with Crippen LogP contribution in [0.15, 0.2) is 97.1 Å². The van der Waals surface area contributed by atoms with E-state index in [9.17, 15) is 0 Å². The molecule has 6 aromatic rings. The van der Waals surface area contributed by atoms with Crippen LogP contribution < -0.4 is 25.5 Å². The smallest absolute Gasteiger partial charge is 0.264 e. The Kier molecular flexibility index (Phi) is 8.98. The first-order valence-corrected chi connectivity index (χ1v) is 23.6. The molecular weight excluding hydrogens is 756 g/mol. The lowest BCUT2D eigenvalue weighted by atomic mass is 9.35. The summed E-state index contributed by atoms with van der Waals surface area (Å²) in [4.78, 5) is 5.35. The molecule has 0 N–H and O–H groups in total. The summed E-state index contributed by atoms with van der Waals surface area (Å²) in [7, 11) is 0. The van der Waals surface area contributed by atoms with Crippen molar-refractivity contribution < 1.29 is 0 Å². The van der Waals surface area contributed by atoms with E-state index >= 15 is 0 Å². The second-order valence-corrected chi connectivity index (χ2v) is 23.3. The van der Waals surface area contributed by atoms with Crippen molar-refractivity contribution in [3.05, 3.63) is 142 Å². The lowest BCUT2D eigenvalue weighted by molar-refractivity contribution is 0.332. The van der Waals surface area contributed by atoms with Crippen molar-refractivity contribution in [3.63, 3.8) is 0 Å². The molecule has 10 rings (SSSR count). The monoisotopic (exact) mass is 818 g/mol. The largest absolute Gasteiger partial charge is 0.311 e. The molecule has 2 aliphatic carbocycles. The molecule has 2 nitrogen and oxygen atoms in total. The number of fused-ring (bicyclic) bond motifs is 7. The highest BCUT2D eigenvalue weighted by Crippen LogP contribution is 2.53. The first-order valence-electron chi connectivity index (χ1n) is 22.8. The first-order chi connectivity index (χ1) is 28.7. The summed E-state index contributed by atoms with van der Waals surface area (Å²) in [6.45, 7) is 31.0. The first kappa shape index (κ1) is 40.3. The highest BCUT2D eigenvalue weighted by Gasteiger charge is 2.48. The SMILES string of the molecule is Cc1cc2c3c(c1)N(c1ccc(C(C)(C)C)cc1)c1c(sc4ccc(C(C)(C)C)cc14)B3c1cc3c(cc1N2c1c(C)cc(C2=CCCC=C2)cc1C)C(C)(C)CCC3(C)C. The van der Waals surface area contributed by atoms with E-state index in [4.69, 9.17) is 0 Å². The van der Waals surface area contributed by atoms with E-state index in [2.05, 4.69) is 197 Å². The summed E-state index contributed by atoms with van der Waals surface area (Å²) in [5.74, 6) is 0. The molecule has 3 heterocycles. The van der Waals surface area contributed by atoms with Crippen molar-refractivity contribution in [2.45, 2.75) is 137 Å². The van der Waals surface area contributed by atoms with Crippen LogP contribution in [-0.2, 0) is 21.7 Å². The van der Waals surface area contributed by atoms with Gasteiger partial charge in [0, 0.05) is 37.6 Å². The Morgan fingerprint density at radius 2 is 1.23 bits per heavy atom. The molecule has 0 radical (unpaired) electrons. The molecule has 2 aliphatic heterocycles. The number of aryl methyl sites for hydroxylation is 3. The van der Waals surface area contributed by atoms with E-state index in [0.29, 0.717) is 0 Å². The molecule has 0 atom stereocenters. The molecule has 0 unspecified atom stereocenters. The number of allylic oxidation sites excluding steroid dienone is 4. The van der Waals surface area contributed by atoms with Crippen LogP contribution in [0.25, 0.3) is 15.7 Å². The van der Waals surface area contributed by atoms with Crippen LogP contribution in [0.5, 0.6) is 0 Å². The van der Waals surface area contributed by atoms with Crippen LogP contribution in [0.3, 0.4) is 0 Å². The maximum Gasteiger partial charge on any atom is 0.264 e. The van der Waals surface area contributed by atoms with Gasteiger partial charge in [0.1, 0.15) is 0 Å². The summed E-state index contributed by atoms with van der Waals surface area (Å²) >= 11 is 2.02. The van der Waals surface area contributed by atoms with Gasteiger partial charge in [-0.3, -0.25) is 0 Å². The van der Waals surface area contributed by atoms with Gasteiger partial charge in [-0.05, 0) is 184 Å². The second-order valence-electron chi connectivity index (χ2n) is 22.2. The van der Waals surface area contributed by atoms with E-state index in [0.717, 1.165) is 12.8 Å². The molecule has 310 valence electrons. The van der Waals surface area contributed by atoms with Gasteiger partial charge in [-0.25, -0.2) is 0 Å². The van der Waals surface area contributed by atoms with Gasteiger partial charge < -0.3 is 9.80 Å². The van der Waals surface area contributed by atoms with Crippen molar-refractivity contribution in [1.29, 1.82) is 0 Å². The zero-order valence-corrected chi connectivity index (χ0v) is 39.8. The Hall–Kier alpha value is -4.80. The molecule has 0 saturated heterocycles. The Bertz CT molecular complexity index is 2840. The fourth-order valence-electron chi connectivity index (χ4n) is 11.1. The maximum absolute atomic E-state index is 2.70. The van der Waals surface area contributed by atoms with Crippen LogP contribution in [0, 0.1) is 20.8 Å². The normalized spacial score (nSPS) is 17.5. The predicted molar refractivity (Wildman–Crippen MR) is 269 cm³/mol. The summed E-state index contributed by atoms with van der Waals surface area (Å²) in [6.07, 6.45) is 11.7. The zero-order valence-electron chi connectivity index (χ0n) is 38.9. The number of thiophene rings is 1. The summed E-state index contributed by atoms with van der Waals surface area (Å²) in [6, 6.07) is 32.0. The lowest BCUT2D eigenvalue weighted by Crippen LogP contribution is -2.61.